The maximum absolute atomic E-state index is 12.8. The van der Waals surface area contributed by atoms with Gasteiger partial charge in [0.1, 0.15) is 18.2 Å². The summed E-state index contributed by atoms with van der Waals surface area (Å²) >= 11 is 0. The lowest BCUT2D eigenvalue weighted by Crippen LogP contribution is -2.29. The number of benzene rings is 2. The number of aromatic nitrogens is 3. The Kier molecular flexibility index (Phi) is 10.7. The SMILES string of the molecule is O=C1CCCCNC(=O)c2ccc(cc2)Cc2nc(nc(OCC(F)(F)F)n2)NCc2ccc(cc2)OC/C=C/S(=O)(=O)N1. The number of nitrogens with one attached hydrogen (secondary N) is 3. The van der Waals surface area contributed by atoms with E-state index in [0.717, 1.165) is 11.0 Å². The molecular weight excluding hydrogens is 605 g/mol. The van der Waals surface area contributed by atoms with Crippen molar-refractivity contribution in [3.05, 3.63) is 82.5 Å². The molecule has 3 aliphatic heterocycles. The summed E-state index contributed by atoms with van der Waals surface area (Å²) in [6.07, 6.45) is -2.47. The standard InChI is InChI=1S/C28H29F3N6O6S/c29-28(30,31)18-43-27-35-23-16-19-5-9-21(10-6-19)25(39)32-13-2-1-4-24(38)37-44(40,41)15-3-14-42-22-11-7-20(8-12-22)17-33-26(34-23)36-27/h3,5-12,15H,1-2,4,13-14,16-18H2,(H,32,39)(H,37,38)(H,33,34,35,36)/b15-3+. The average molecular weight is 635 g/mol. The Morgan fingerprint density at radius 2 is 1.64 bits per heavy atom. The number of hydrogen-bond donors (Lipinski definition) is 3. The highest BCUT2D eigenvalue weighted by Crippen LogP contribution is 2.19. The van der Waals surface area contributed by atoms with E-state index in [1.807, 2.05) is 4.72 Å². The zero-order valence-electron chi connectivity index (χ0n) is 23.3. The third-order valence-corrected chi connectivity index (χ3v) is 7.04. The molecule has 16 heteroatoms. The Balaban J connectivity index is 1.54. The summed E-state index contributed by atoms with van der Waals surface area (Å²) in [7, 11) is -4.00. The highest BCUT2D eigenvalue weighted by atomic mass is 32.2. The van der Waals surface area contributed by atoms with Crippen LogP contribution < -0.4 is 24.8 Å². The van der Waals surface area contributed by atoms with Crippen LogP contribution in [0.15, 0.2) is 60.0 Å². The molecule has 4 heterocycles. The maximum Gasteiger partial charge on any atom is 0.422 e. The predicted octanol–water partition coefficient (Wildman–Crippen LogP) is 3.27. The van der Waals surface area contributed by atoms with Crippen LogP contribution in [0.3, 0.4) is 0 Å². The van der Waals surface area contributed by atoms with Crippen LogP contribution in [-0.4, -0.2) is 61.1 Å². The minimum atomic E-state index is -4.59. The zero-order valence-corrected chi connectivity index (χ0v) is 24.1. The van der Waals surface area contributed by atoms with E-state index in [0.29, 0.717) is 29.7 Å². The van der Waals surface area contributed by atoms with Crippen LogP contribution in [0, 0.1) is 0 Å². The second kappa shape index (κ2) is 14.6. The quantitative estimate of drug-likeness (QED) is 0.382. The molecule has 0 aliphatic carbocycles. The number of alkyl halides is 3. The van der Waals surface area contributed by atoms with Crippen molar-refractivity contribution in [2.24, 2.45) is 0 Å². The number of anilines is 1. The van der Waals surface area contributed by atoms with Gasteiger partial charge in [0.2, 0.25) is 11.9 Å². The number of carbonyl (C=O) groups excluding carboxylic acids is 2. The van der Waals surface area contributed by atoms with Crippen LogP contribution >= 0.6 is 0 Å². The fourth-order valence-corrected chi connectivity index (χ4v) is 4.70. The van der Waals surface area contributed by atoms with Crippen LogP contribution in [0.2, 0.25) is 0 Å². The van der Waals surface area contributed by atoms with Crippen LogP contribution in [0.5, 0.6) is 11.8 Å². The van der Waals surface area contributed by atoms with Crippen molar-refractivity contribution in [2.75, 3.05) is 25.1 Å². The van der Waals surface area contributed by atoms with Crippen molar-refractivity contribution in [3.8, 4) is 11.8 Å². The van der Waals surface area contributed by atoms with Gasteiger partial charge in [-0.15, -0.1) is 0 Å². The number of sulfonamides is 1. The largest absolute Gasteiger partial charge is 0.490 e. The van der Waals surface area contributed by atoms with E-state index in [-0.39, 0.29) is 50.2 Å². The first-order valence-electron chi connectivity index (χ1n) is 13.4. The normalized spacial score (nSPS) is 17.3. The lowest BCUT2D eigenvalue weighted by Gasteiger charge is -2.12. The maximum atomic E-state index is 12.8. The van der Waals surface area contributed by atoms with Crippen molar-refractivity contribution in [1.82, 2.24) is 25.0 Å². The van der Waals surface area contributed by atoms with E-state index in [9.17, 15) is 31.2 Å². The number of carbonyl (C=O) groups is 2. The third kappa shape index (κ3) is 10.8. The molecule has 0 spiro atoms. The summed E-state index contributed by atoms with van der Waals surface area (Å²) in [4.78, 5) is 36.8. The highest BCUT2D eigenvalue weighted by molar-refractivity contribution is 7.92. The summed E-state index contributed by atoms with van der Waals surface area (Å²) < 4.78 is 74.9. The molecule has 1 aromatic heterocycles. The zero-order chi connectivity index (χ0) is 31.6. The molecule has 2 amide bonds. The molecular formula is C28H29F3N6O6S. The molecule has 3 N–H and O–H groups in total. The fraction of sp³-hybridized carbons (Fsp3) is 0.321. The van der Waals surface area contributed by atoms with Crippen LogP contribution in [0.25, 0.3) is 0 Å². The van der Waals surface area contributed by atoms with Crippen LogP contribution in [-0.2, 0) is 27.8 Å². The Morgan fingerprint density at radius 3 is 2.36 bits per heavy atom. The van der Waals surface area contributed by atoms with Gasteiger partial charge in [-0.3, -0.25) is 9.59 Å². The molecule has 0 radical (unpaired) electrons. The minimum Gasteiger partial charge on any atom is -0.490 e. The Bertz CT molecular complexity index is 1580. The molecule has 0 atom stereocenters. The first kappa shape index (κ1) is 32.2. The summed E-state index contributed by atoms with van der Waals surface area (Å²) in [5, 5.41) is 6.52. The number of ether oxygens (including phenoxy) is 2. The van der Waals surface area contributed by atoms with Crippen molar-refractivity contribution in [1.29, 1.82) is 0 Å². The average Bonchev–Trinajstić information content (AvgIpc) is 2.97. The Hall–Kier alpha value is -4.73. The van der Waals surface area contributed by atoms with Crippen molar-refractivity contribution < 1.29 is 40.7 Å². The van der Waals surface area contributed by atoms with Gasteiger partial charge in [0, 0.05) is 31.5 Å². The van der Waals surface area contributed by atoms with Crippen molar-refractivity contribution in [2.45, 2.75) is 38.4 Å². The van der Waals surface area contributed by atoms with Crippen LogP contribution in [0.4, 0.5) is 19.1 Å². The number of nitrogens with zero attached hydrogens (tertiary/aromatic N) is 3. The molecule has 12 nitrogen and oxygen atoms in total. The molecule has 234 valence electrons. The van der Waals surface area contributed by atoms with E-state index in [2.05, 4.69) is 25.6 Å². The van der Waals surface area contributed by atoms with Gasteiger partial charge < -0.3 is 20.1 Å². The molecule has 0 fully saturated rings. The second-order valence-corrected chi connectivity index (χ2v) is 11.2. The Labute approximate surface area is 251 Å². The number of fused-ring (bicyclic) bond motifs is 2. The highest BCUT2D eigenvalue weighted by Gasteiger charge is 2.29. The molecule has 44 heavy (non-hydrogen) atoms. The molecule has 0 saturated carbocycles. The number of amides is 2. The number of hydrogen-bond acceptors (Lipinski definition) is 10. The molecule has 0 saturated heterocycles. The minimum absolute atomic E-state index is 0.000653. The molecule has 3 aliphatic rings. The van der Waals surface area contributed by atoms with Gasteiger partial charge in [0.25, 0.3) is 15.9 Å². The van der Waals surface area contributed by atoms with E-state index in [4.69, 9.17) is 9.47 Å². The Morgan fingerprint density at radius 1 is 0.909 bits per heavy atom. The van der Waals surface area contributed by atoms with Gasteiger partial charge in [-0.05, 0) is 54.3 Å². The summed E-state index contributed by atoms with van der Waals surface area (Å²) in [6, 6.07) is 12.7. The van der Waals surface area contributed by atoms with Gasteiger partial charge in [0.15, 0.2) is 6.61 Å². The molecule has 0 unspecified atom stereocenters. The summed E-state index contributed by atoms with van der Waals surface area (Å²) in [5.74, 6) is -0.421. The van der Waals surface area contributed by atoms with Gasteiger partial charge in [-0.2, -0.15) is 28.1 Å². The van der Waals surface area contributed by atoms with Gasteiger partial charge >= 0.3 is 12.2 Å². The monoisotopic (exact) mass is 634 g/mol. The smallest absolute Gasteiger partial charge is 0.422 e. The van der Waals surface area contributed by atoms with Gasteiger partial charge in [-0.25, -0.2) is 13.1 Å². The topological polar surface area (TPSA) is 162 Å². The molecule has 6 bridgehead atoms. The van der Waals surface area contributed by atoms with E-state index in [1.54, 1.807) is 48.5 Å². The van der Waals surface area contributed by atoms with E-state index < -0.39 is 34.7 Å². The molecule has 6 rings (SSSR count). The van der Waals surface area contributed by atoms with Crippen LogP contribution in [0.1, 0.15) is 46.6 Å². The first-order valence-corrected chi connectivity index (χ1v) is 15.0. The lowest BCUT2D eigenvalue weighted by molar-refractivity contribution is -0.154. The van der Waals surface area contributed by atoms with Gasteiger partial charge in [0.05, 0.1) is 5.41 Å². The van der Waals surface area contributed by atoms with Crippen molar-refractivity contribution in [3.63, 3.8) is 0 Å². The molecule has 3 aromatic rings. The second-order valence-electron chi connectivity index (χ2n) is 9.60. The third-order valence-electron chi connectivity index (χ3n) is 5.97. The first-order chi connectivity index (χ1) is 20.9. The van der Waals surface area contributed by atoms with Gasteiger partial charge in [-0.1, -0.05) is 24.3 Å². The predicted molar refractivity (Wildman–Crippen MR) is 152 cm³/mol. The summed E-state index contributed by atoms with van der Waals surface area (Å²) in [5.41, 5.74) is 1.80. The lowest BCUT2D eigenvalue weighted by atomic mass is 10.1. The number of halogens is 3. The summed E-state index contributed by atoms with van der Waals surface area (Å²) in [6.45, 7) is -1.19. The van der Waals surface area contributed by atoms with Crippen molar-refractivity contribution >= 4 is 27.8 Å². The fourth-order valence-electron chi connectivity index (χ4n) is 3.88. The number of rotatable bonds is 2. The van der Waals surface area contributed by atoms with E-state index in [1.165, 1.54) is 6.08 Å². The molecule has 2 aromatic carbocycles. The van der Waals surface area contributed by atoms with E-state index >= 15 is 0 Å².